The zero-order valence-corrected chi connectivity index (χ0v) is 10.00. The molecule has 0 atom stereocenters. The van der Waals surface area contributed by atoms with Crippen LogP contribution in [-0.4, -0.2) is 21.8 Å². The predicted molar refractivity (Wildman–Crippen MR) is 62.3 cm³/mol. The minimum absolute atomic E-state index is 0.735. The number of alkyl halides is 1. The van der Waals surface area contributed by atoms with Crippen LogP contribution in [0.25, 0.3) is 0 Å². The summed E-state index contributed by atoms with van der Waals surface area (Å²) >= 11 is 7.02. The molecular weight excluding hydrogens is 218 g/mol. The molecule has 0 bridgehead atoms. The number of nitrogens with one attached hydrogen (secondary N) is 1. The van der Waals surface area contributed by atoms with Crippen molar-refractivity contribution in [3.05, 3.63) is 5.82 Å². The van der Waals surface area contributed by atoms with Crippen molar-refractivity contribution in [3.8, 4) is 0 Å². The summed E-state index contributed by atoms with van der Waals surface area (Å²) in [5.41, 5.74) is 0. The third-order valence-electron chi connectivity index (χ3n) is 1.78. The van der Waals surface area contributed by atoms with Gasteiger partial charge in [0.05, 0.1) is 0 Å². The van der Waals surface area contributed by atoms with Crippen LogP contribution in [0, 0.1) is 0 Å². The lowest BCUT2D eigenvalue weighted by Crippen LogP contribution is -2.01. The van der Waals surface area contributed by atoms with E-state index in [0.29, 0.717) is 0 Å². The fraction of sp³-hybridized carbons (Fsp3) is 0.778. The Labute approximate surface area is 94.1 Å². The minimum Gasteiger partial charge on any atom is -0.360 e. The first-order chi connectivity index (χ1) is 6.86. The largest absolute Gasteiger partial charge is 0.360 e. The number of aryl methyl sites for hydroxylation is 1. The predicted octanol–water partition coefficient (Wildman–Crippen LogP) is 2.92. The van der Waals surface area contributed by atoms with Crippen LogP contribution in [0.1, 0.15) is 32.0 Å². The maximum absolute atomic E-state index is 5.58. The van der Waals surface area contributed by atoms with Gasteiger partial charge in [-0.2, -0.15) is 4.37 Å². The van der Waals surface area contributed by atoms with Crippen LogP contribution in [-0.2, 0) is 6.42 Å². The summed E-state index contributed by atoms with van der Waals surface area (Å²) in [6, 6.07) is 0. The fourth-order valence-electron chi connectivity index (χ4n) is 1.07. The van der Waals surface area contributed by atoms with Gasteiger partial charge in [0.15, 0.2) is 0 Å². The van der Waals surface area contributed by atoms with Crippen LogP contribution in [0.5, 0.6) is 0 Å². The van der Waals surface area contributed by atoms with Crippen molar-refractivity contribution < 1.29 is 0 Å². The van der Waals surface area contributed by atoms with Crippen molar-refractivity contribution in [2.75, 3.05) is 17.7 Å². The van der Waals surface area contributed by atoms with Gasteiger partial charge in [0.1, 0.15) is 5.82 Å². The molecule has 1 aromatic heterocycles. The highest BCUT2D eigenvalue weighted by molar-refractivity contribution is 7.09. The number of unbranched alkanes of at least 4 members (excludes halogenated alkanes) is 1. The molecule has 1 aromatic rings. The summed E-state index contributed by atoms with van der Waals surface area (Å²) in [5, 5.41) is 4.18. The number of halogens is 1. The second kappa shape index (κ2) is 7.01. The zero-order valence-electron chi connectivity index (χ0n) is 8.42. The minimum atomic E-state index is 0.735. The standard InChI is InChI=1S/C9H16ClN3S/c1-2-5-8-12-9(14-13-8)11-7-4-3-6-10/h2-7H2,1H3,(H,11,12,13). The zero-order chi connectivity index (χ0) is 10.2. The highest BCUT2D eigenvalue weighted by Crippen LogP contribution is 2.11. The molecule has 14 heavy (non-hydrogen) atoms. The lowest BCUT2D eigenvalue weighted by atomic mass is 10.3. The first-order valence-corrected chi connectivity index (χ1v) is 6.30. The third-order valence-corrected chi connectivity index (χ3v) is 2.76. The lowest BCUT2D eigenvalue weighted by Gasteiger charge is -1.98. The van der Waals surface area contributed by atoms with Gasteiger partial charge in [-0.3, -0.25) is 0 Å². The number of anilines is 1. The topological polar surface area (TPSA) is 37.8 Å². The van der Waals surface area contributed by atoms with Crippen LogP contribution in [0.15, 0.2) is 0 Å². The Morgan fingerprint density at radius 2 is 2.29 bits per heavy atom. The molecule has 1 heterocycles. The molecule has 0 spiro atoms. The molecule has 0 saturated carbocycles. The fourth-order valence-corrected chi connectivity index (χ4v) is 1.89. The molecule has 0 aliphatic rings. The molecule has 0 fully saturated rings. The Bertz CT molecular complexity index is 252. The molecule has 0 aliphatic heterocycles. The van der Waals surface area contributed by atoms with Crippen molar-refractivity contribution in [3.63, 3.8) is 0 Å². The van der Waals surface area contributed by atoms with Crippen molar-refractivity contribution in [2.45, 2.75) is 32.6 Å². The molecule has 0 aromatic carbocycles. The Kier molecular flexibility index (Phi) is 5.87. The van der Waals surface area contributed by atoms with Gasteiger partial charge in [-0.05, 0) is 19.3 Å². The summed E-state index contributed by atoms with van der Waals surface area (Å²) in [6.07, 6.45) is 4.21. The van der Waals surface area contributed by atoms with E-state index < -0.39 is 0 Å². The maximum Gasteiger partial charge on any atom is 0.202 e. The van der Waals surface area contributed by atoms with Gasteiger partial charge in [-0.25, -0.2) is 4.98 Å². The molecular formula is C9H16ClN3S. The van der Waals surface area contributed by atoms with Crippen molar-refractivity contribution in [1.82, 2.24) is 9.36 Å². The molecule has 1 N–H and O–H groups in total. The molecule has 80 valence electrons. The van der Waals surface area contributed by atoms with E-state index in [-0.39, 0.29) is 0 Å². The van der Waals surface area contributed by atoms with E-state index in [4.69, 9.17) is 11.6 Å². The highest BCUT2D eigenvalue weighted by Gasteiger charge is 2.01. The summed E-state index contributed by atoms with van der Waals surface area (Å²) in [6.45, 7) is 3.07. The van der Waals surface area contributed by atoms with Gasteiger partial charge < -0.3 is 5.32 Å². The van der Waals surface area contributed by atoms with E-state index in [1.165, 1.54) is 11.5 Å². The maximum atomic E-state index is 5.58. The van der Waals surface area contributed by atoms with Crippen LogP contribution >= 0.6 is 23.1 Å². The summed E-state index contributed by atoms with van der Waals surface area (Å²) in [5.74, 6) is 1.69. The van der Waals surface area contributed by atoms with E-state index in [9.17, 15) is 0 Å². The molecule has 1 rings (SSSR count). The summed E-state index contributed by atoms with van der Waals surface area (Å²) < 4.78 is 4.25. The molecule has 0 aliphatic carbocycles. The smallest absolute Gasteiger partial charge is 0.202 e. The first-order valence-electron chi connectivity index (χ1n) is 4.99. The monoisotopic (exact) mass is 233 g/mol. The molecule has 3 nitrogen and oxygen atoms in total. The molecule has 0 amide bonds. The van der Waals surface area contributed by atoms with Gasteiger partial charge >= 0.3 is 0 Å². The van der Waals surface area contributed by atoms with Crippen molar-refractivity contribution >= 4 is 28.3 Å². The average Bonchev–Trinajstić information content (AvgIpc) is 2.61. The second-order valence-electron chi connectivity index (χ2n) is 3.09. The number of hydrogen-bond acceptors (Lipinski definition) is 4. The van der Waals surface area contributed by atoms with Crippen molar-refractivity contribution in [1.29, 1.82) is 0 Å². The van der Waals surface area contributed by atoms with Gasteiger partial charge in [0.25, 0.3) is 0 Å². The van der Waals surface area contributed by atoms with Gasteiger partial charge in [-0.15, -0.1) is 11.6 Å². The molecule has 0 unspecified atom stereocenters. The Morgan fingerprint density at radius 3 is 3.00 bits per heavy atom. The van der Waals surface area contributed by atoms with Crippen LogP contribution < -0.4 is 5.32 Å². The normalized spacial score (nSPS) is 10.4. The quantitative estimate of drug-likeness (QED) is 0.581. The second-order valence-corrected chi connectivity index (χ2v) is 4.22. The highest BCUT2D eigenvalue weighted by atomic mass is 35.5. The van der Waals surface area contributed by atoms with Gasteiger partial charge in [-0.1, -0.05) is 6.92 Å². The van der Waals surface area contributed by atoms with E-state index in [0.717, 1.165) is 49.1 Å². The average molecular weight is 234 g/mol. The molecule has 0 saturated heterocycles. The Balaban J connectivity index is 2.22. The number of nitrogens with zero attached hydrogens (tertiary/aromatic N) is 2. The number of hydrogen-bond donors (Lipinski definition) is 1. The molecule has 5 heteroatoms. The molecule has 0 radical (unpaired) electrons. The Hall–Kier alpha value is -0.350. The summed E-state index contributed by atoms with van der Waals surface area (Å²) in [4.78, 5) is 4.36. The number of aromatic nitrogens is 2. The Morgan fingerprint density at radius 1 is 1.43 bits per heavy atom. The first kappa shape index (κ1) is 11.7. The van der Waals surface area contributed by atoms with Crippen LogP contribution in [0.3, 0.4) is 0 Å². The lowest BCUT2D eigenvalue weighted by molar-refractivity contribution is 0.832. The van der Waals surface area contributed by atoms with E-state index in [1.807, 2.05) is 0 Å². The summed E-state index contributed by atoms with van der Waals surface area (Å²) in [7, 11) is 0. The van der Waals surface area contributed by atoms with Gasteiger partial charge in [0, 0.05) is 30.4 Å². The SMILES string of the molecule is CCCc1nsc(NCCCCCl)n1. The van der Waals surface area contributed by atoms with Crippen molar-refractivity contribution in [2.24, 2.45) is 0 Å². The van der Waals surface area contributed by atoms with Crippen LogP contribution in [0.4, 0.5) is 5.13 Å². The van der Waals surface area contributed by atoms with Crippen LogP contribution in [0.2, 0.25) is 0 Å². The van der Waals surface area contributed by atoms with E-state index in [2.05, 4.69) is 21.6 Å². The third kappa shape index (κ3) is 4.24. The number of rotatable bonds is 7. The van der Waals surface area contributed by atoms with Gasteiger partial charge in [0.2, 0.25) is 5.13 Å². The van der Waals surface area contributed by atoms with E-state index in [1.54, 1.807) is 0 Å². The van der Waals surface area contributed by atoms with E-state index >= 15 is 0 Å².